The third-order valence-electron chi connectivity index (χ3n) is 1.72. The van der Waals surface area contributed by atoms with Gasteiger partial charge in [-0.05, 0) is 12.5 Å². The summed E-state index contributed by atoms with van der Waals surface area (Å²) in [6.07, 6.45) is 6.64. The highest BCUT2D eigenvalue weighted by atomic mass is 16.2. The molecule has 4 heteroatoms. The summed E-state index contributed by atoms with van der Waals surface area (Å²) in [4.78, 5) is 21.3. The average Bonchev–Trinajstić information content (AvgIpc) is 2.42. The third-order valence-corrected chi connectivity index (χ3v) is 1.72. The van der Waals surface area contributed by atoms with Gasteiger partial charge >= 0.3 is 0 Å². The van der Waals surface area contributed by atoms with Crippen LogP contribution in [0, 0.1) is 0 Å². The topological polar surface area (TPSA) is 58.2 Å². The highest BCUT2D eigenvalue weighted by Crippen LogP contribution is 1.96. The van der Waals surface area contributed by atoms with Gasteiger partial charge in [-0.15, -0.1) is 19.7 Å². The van der Waals surface area contributed by atoms with E-state index in [4.69, 9.17) is 0 Å². The van der Waals surface area contributed by atoms with Crippen molar-refractivity contribution in [3.05, 3.63) is 62.8 Å². The van der Waals surface area contributed by atoms with Gasteiger partial charge in [0.25, 0.3) is 0 Å². The predicted molar refractivity (Wildman–Crippen MR) is 80.6 cm³/mol. The Balaban J connectivity index is 0. The number of allylic oxidation sites excluding steroid dienone is 1. The normalized spacial score (nSPS) is 8.00. The van der Waals surface area contributed by atoms with Crippen LogP contribution in [-0.4, -0.2) is 24.9 Å². The molecule has 0 saturated heterocycles. The van der Waals surface area contributed by atoms with Crippen molar-refractivity contribution in [2.75, 3.05) is 13.1 Å². The number of amides is 2. The predicted octanol–water partition coefficient (Wildman–Crippen LogP) is 1.90. The summed E-state index contributed by atoms with van der Waals surface area (Å²) in [5.74, 6) is -0.297. The second kappa shape index (κ2) is 13.7. The lowest BCUT2D eigenvalue weighted by Gasteiger charge is -2.01. The smallest absolute Gasteiger partial charge is 0.247 e. The van der Waals surface area contributed by atoms with E-state index in [1.807, 2.05) is 0 Å². The van der Waals surface area contributed by atoms with Gasteiger partial charge in [-0.3, -0.25) is 9.59 Å². The quantitative estimate of drug-likeness (QED) is 0.518. The molecule has 0 fully saturated rings. The summed E-state index contributed by atoms with van der Waals surface area (Å²) in [5, 5.41) is 5.12. The minimum atomic E-state index is -0.162. The largest absolute Gasteiger partial charge is 0.349 e. The molecule has 0 rings (SSSR count). The van der Waals surface area contributed by atoms with Gasteiger partial charge in [-0.1, -0.05) is 31.4 Å². The van der Waals surface area contributed by atoms with Crippen LogP contribution in [0.25, 0.3) is 0 Å². The van der Waals surface area contributed by atoms with Crippen LogP contribution in [0.2, 0.25) is 0 Å². The van der Waals surface area contributed by atoms with Gasteiger partial charge < -0.3 is 10.6 Å². The monoisotopic (exact) mass is 262 g/mol. The molecule has 2 amide bonds. The molecule has 19 heavy (non-hydrogen) atoms. The van der Waals surface area contributed by atoms with E-state index < -0.39 is 0 Å². The van der Waals surface area contributed by atoms with E-state index in [2.05, 4.69) is 43.5 Å². The highest BCUT2D eigenvalue weighted by Gasteiger charge is 2.01. The van der Waals surface area contributed by atoms with Gasteiger partial charge in [-0.25, -0.2) is 0 Å². The Bertz CT molecular complexity index is 357. The lowest BCUT2D eigenvalue weighted by molar-refractivity contribution is -0.117. The van der Waals surface area contributed by atoms with Gasteiger partial charge in [0.05, 0.1) is 0 Å². The maximum atomic E-state index is 11.0. The van der Waals surface area contributed by atoms with Crippen molar-refractivity contribution in [3.63, 3.8) is 0 Å². The van der Waals surface area contributed by atoms with E-state index in [9.17, 15) is 9.59 Å². The molecule has 0 aliphatic carbocycles. The van der Waals surface area contributed by atoms with Crippen LogP contribution < -0.4 is 10.6 Å². The van der Waals surface area contributed by atoms with E-state index in [-0.39, 0.29) is 11.8 Å². The molecule has 0 bridgehead atoms. The molecule has 0 radical (unpaired) electrons. The van der Waals surface area contributed by atoms with Gasteiger partial charge in [0.1, 0.15) is 0 Å². The molecule has 0 aliphatic rings. The Labute approximate surface area is 115 Å². The zero-order chi connectivity index (χ0) is 15.1. The first kappa shape index (κ1) is 19.0. The highest BCUT2D eigenvalue weighted by molar-refractivity contribution is 5.93. The molecule has 0 heterocycles. The van der Waals surface area contributed by atoms with Crippen molar-refractivity contribution in [2.45, 2.75) is 6.42 Å². The van der Waals surface area contributed by atoms with Crippen molar-refractivity contribution in [2.24, 2.45) is 0 Å². The fourth-order valence-electron chi connectivity index (χ4n) is 0.802. The molecule has 0 atom stereocenters. The maximum Gasteiger partial charge on any atom is 0.247 e. The van der Waals surface area contributed by atoms with Crippen LogP contribution in [0.4, 0.5) is 0 Å². The van der Waals surface area contributed by atoms with Crippen LogP contribution in [-0.2, 0) is 9.59 Å². The van der Waals surface area contributed by atoms with Crippen LogP contribution >= 0.6 is 0 Å². The molecular formula is C15H22N2O2. The van der Waals surface area contributed by atoms with Crippen LogP contribution in [0.5, 0.6) is 0 Å². The number of rotatable bonds is 8. The lowest BCUT2D eigenvalue weighted by Crippen LogP contribution is -2.24. The maximum absolute atomic E-state index is 11.0. The van der Waals surface area contributed by atoms with Crippen molar-refractivity contribution in [1.29, 1.82) is 0 Å². The zero-order valence-corrected chi connectivity index (χ0v) is 11.3. The Morgan fingerprint density at radius 1 is 0.895 bits per heavy atom. The fourth-order valence-corrected chi connectivity index (χ4v) is 0.802. The van der Waals surface area contributed by atoms with Crippen LogP contribution in [0.3, 0.4) is 0 Å². The molecule has 104 valence electrons. The molecule has 0 aromatic carbocycles. The van der Waals surface area contributed by atoms with Crippen LogP contribution in [0.1, 0.15) is 6.42 Å². The molecule has 0 spiro atoms. The minimum absolute atomic E-state index is 0.134. The van der Waals surface area contributed by atoms with Gasteiger partial charge in [0.15, 0.2) is 0 Å². The Kier molecular flexibility index (Phi) is 13.7. The van der Waals surface area contributed by atoms with Crippen molar-refractivity contribution < 1.29 is 9.59 Å². The molecular weight excluding hydrogens is 240 g/mol. The number of nitrogens with one attached hydrogen (secondary N) is 2. The first-order valence-corrected chi connectivity index (χ1v) is 5.72. The molecule has 0 aromatic heterocycles. The first-order chi connectivity index (χ1) is 9.03. The SMILES string of the molecule is C=CCNC(=O)C(=C)CC=C.C=CCNC(=O)C=C. The van der Waals surface area contributed by atoms with Gasteiger partial charge in [0, 0.05) is 18.7 Å². The number of hydrogen-bond acceptors (Lipinski definition) is 2. The fraction of sp³-hybridized carbons (Fsp3) is 0.200. The van der Waals surface area contributed by atoms with E-state index in [1.54, 1.807) is 18.2 Å². The summed E-state index contributed by atoms with van der Waals surface area (Å²) < 4.78 is 0. The molecule has 2 N–H and O–H groups in total. The van der Waals surface area contributed by atoms with E-state index >= 15 is 0 Å². The minimum Gasteiger partial charge on any atom is -0.349 e. The average molecular weight is 262 g/mol. The Morgan fingerprint density at radius 2 is 1.42 bits per heavy atom. The van der Waals surface area contributed by atoms with Crippen molar-refractivity contribution >= 4 is 11.8 Å². The third kappa shape index (κ3) is 13.6. The standard InChI is InChI=1S/C9H13NO.C6H9NO/c1-4-6-8(3)9(11)10-7-5-2;1-3-5-7-6(8)4-2/h4-5H,1-3,6-7H2,(H,10,11);3-4H,1-2,5H2,(H,7,8). The summed E-state index contributed by atoms with van der Waals surface area (Å²) in [5.41, 5.74) is 0.529. The number of carbonyl (C=O) groups is 2. The summed E-state index contributed by atoms with van der Waals surface area (Å²) >= 11 is 0. The second-order valence-corrected chi connectivity index (χ2v) is 3.33. The molecule has 0 unspecified atom stereocenters. The van der Waals surface area contributed by atoms with Gasteiger partial charge in [0.2, 0.25) is 11.8 Å². The zero-order valence-electron chi connectivity index (χ0n) is 11.3. The summed E-state index contributed by atoms with van der Waals surface area (Å²) in [6.45, 7) is 18.2. The van der Waals surface area contributed by atoms with Crippen molar-refractivity contribution in [1.82, 2.24) is 10.6 Å². The number of hydrogen-bond donors (Lipinski definition) is 2. The summed E-state index contributed by atoms with van der Waals surface area (Å²) in [6, 6.07) is 0. The van der Waals surface area contributed by atoms with Gasteiger partial charge in [-0.2, -0.15) is 0 Å². The molecule has 4 nitrogen and oxygen atoms in total. The van der Waals surface area contributed by atoms with E-state index in [1.165, 1.54) is 6.08 Å². The summed E-state index contributed by atoms with van der Waals surface area (Å²) in [7, 11) is 0. The van der Waals surface area contributed by atoms with E-state index in [0.717, 1.165) is 0 Å². The van der Waals surface area contributed by atoms with Crippen molar-refractivity contribution in [3.8, 4) is 0 Å². The Hall–Kier alpha value is -2.36. The van der Waals surface area contributed by atoms with Crippen LogP contribution in [0.15, 0.2) is 62.8 Å². The molecule has 0 aliphatic heterocycles. The molecule has 0 aromatic rings. The lowest BCUT2D eigenvalue weighted by atomic mass is 10.2. The van der Waals surface area contributed by atoms with E-state index in [0.29, 0.717) is 25.1 Å². The second-order valence-electron chi connectivity index (χ2n) is 3.33. The Morgan fingerprint density at radius 3 is 1.84 bits per heavy atom. The number of carbonyl (C=O) groups excluding carboxylic acids is 2. The molecule has 0 saturated carbocycles. The first-order valence-electron chi connectivity index (χ1n) is 5.72.